The van der Waals surface area contributed by atoms with Gasteiger partial charge in [0.1, 0.15) is 0 Å². The standard InChI is InChI=1S/C9H12O/c1-3-5-7-9(8-10)6-4-2/h3-7,10H,1-2,8H2/b7-5-,9-6+. The van der Waals surface area contributed by atoms with Crippen LogP contribution in [0.3, 0.4) is 0 Å². The number of rotatable bonds is 4. The fourth-order valence-electron chi connectivity index (χ4n) is 0.504. The molecule has 0 aromatic rings. The van der Waals surface area contributed by atoms with Gasteiger partial charge < -0.3 is 5.11 Å². The lowest BCUT2D eigenvalue weighted by atomic mass is 10.2. The summed E-state index contributed by atoms with van der Waals surface area (Å²) >= 11 is 0. The molecule has 0 heterocycles. The molecule has 0 aliphatic rings. The minimum Gasteiger partial charge on any atom is -0.392 e. The maximum Gasteiger partial charge on any atom is 0.0681 e. The van der Waals surface area contributed by atoms with Crippen LogP contribution >= 0.6 is 0 Å². The van der Waals surface area contributed by atoms with Crippen LogP contribution in [0.1, 0.15) is 0 Å². The first-order valence-corrected chi connectivity index (χ1v) is 3.06. The third-order valence-electron chi connectivity index (χ3n) is 0.961. The zero-order chi connectivity index (χ0) is 7.82. The van der Waals surface area contributed by atoms with Gasteiger partial charge in [0, 0.05) is 0 Å². The van der Waals surface area contributed by atoms with E-state index in [0.29, 0.717) is 0 Å². The van der Waals surface area contributed by atoms with E-state index < -0.39 is 0 Å². The highest BCUT2D eigenvalue weighted by Gasteiger charge is 1.82. The van der Waals surface area contributed by atoms with Crippen molar-refractivity contribution in [1.29, 1.82) is 0 Å². The molecule has 0 amide bonds. The van der Waals surface area contributed by atoms with E-state index in [1.54, 1.807) is 30.4 Å². The highest BCUT2D eigenvalue weighted by atomic mass is 16.3. The zero-order valence-electron chi connectivity index (χ0n) is 5.96. The summed E-state index contributed by atoms with van der Waals surface area (Å²) in [4.78, 5) is 0. The number of aliphatic hydroxyl groups is 1. The maximum atomic E-state index is 8.68. The Hall–Kier alpha value is -1.08. The fraction of sp³-hybridized carbons (Fsp3) is 0.111. The minimum atomic E-state index is 0.0381. The largest absolute Gasteiger partial charge is 0.392 e. The van der Waals surface area contributed by atoms with Crippen LogP contribution in [-0.2, 0) is 0 Å². The highest BCUT2D eigenvalue weighted by molar-refractivity contribution is 5.25. The molecule has 1 N–H and O–H groups in total. The van der Waals surface area contributed by atoms with Gasteiger partial charge in [-0.1, -0.05) is 43.5 Å². The van der Waals surface area contributed by atoms with Crippen molar-refractivity contribution in [3.8, 4) is 0 Å². The first-order valence-electron chi connectivity index (χ1n) is 3.06. The topological polar surface area (TPSA) is 20.2 Å². The van der Waals surface area contributed by atoms with Gasteiger partial charge in [-0.15, -0.1) is 0 Å². The van der Waals surface area contributed by atoms with Crippen molar-refractivity contribution in [1.82, 2.24) is 0 Å². The van der Waals surface area contributed by atoms with E-state index in [9.17, 15) is 0 Å². The van der Waals surface area contributed by atoms with Crippen LogP contribution in [0, 0.1) is 0 Å². The van der Waals surface area contributed by atoms with Crippen LogP contribution in [-0.4, -0.2) is 11.7 Å². The molecule has 0 saturated carbocycles. The lowest BCUT2D eigenvalue weighted by Crippen LogP contribution is -1.83. The summed E-state index contributed by atoms with van der Waals surface area (Å²) in [7, 11) is 0. The summed E-state index contributed by atoms with van der Waals surface area (Å²) in [5, 5.41) is 8.68. The second-order valence-corrected chi connectivity index (χ2v) is 1.73. The average molecular weight is 136 g/mol. The molecule has 0 atom stereocenters. The molecule has 0 saturated heterocycles. The smallest absolute Gasteiger partial charge is 0.0681 e. The Bertz CT molecular complexity index is 164. The van der Waals surface area contributed by atoms with E-state index in [-0.39, 0.29) is 6.61 Å². The average Bonchev–Trinajstić information content (AvgIpc) is 1.98. The Labute approximate surface area is 61.7 Å². The first-order chi connectivity index (χ1) is 4.85. The summed E-state index contributed by atoms with van der Waals surface area (Å²) in [6.07, 6.45) is 8.60. The molecule has 0 radical (unpaired) electrons. The molecule has 0 aliphatic carbocycles. The van der Waals surface area contributed by atoms with E-state index in [1.807, 2.05) is 0 Å². The Balaban J connectivity index is 4.06. The number of hydrogen-bond donors (Lipinski definition) is 1. The van der Waals surface area contributed by atoms with Crippen LogP contribution in [0.15, 0.2) is 49.1 Å². The highest BCUT2D eigenvalue weighted by Crippen LogP contribution is 1.94. The summed E-state index contributed by atoms with van der Waals surface area (Å²) < 4.78 is 0. The molecule has 0 bridgehead atoms. The summed E-state index contributed by atoms with van der Waals surface area (Å²) in [6, 6.07) is 0. The van der Waals surface area contributed by atoms with E-state index in [4.69, 9.17) is 5.11 Å². The van der Waals surface area contributed by atoms with Crippen molar-refractivity contribution < 1.29 is 5.11 Å². The fourth-order valence-corrected chi connectivity index (χ4v) is 0.504. The van der Waals surface area contributed by atoms with Crippen molar-refractivity contribution in [2.45, 2.75) is 0 Å². The molecule has 0 aliphatic heterocycles. The molecule has 1 heteroatoms. The summed E-state index contributed by atoms with van der Waals surface area (Å²) in [6.45, 7) is 7.05. The maximum absolute atomic E-state index is 8.68. The number of allylic oxidation sites excluding steroid dienone is 4. The van der Waals surface area contributed by atoms with Crippen LogP contribution in [0.4, 0.5) is 0 Å². The first kappa shape index (κ1) is 8.92. The second-order valence-electron chi connectivity index (χ2n) is 1.73. The van der Waals surface area contributed by atoms with Gasteiger partial charge in [-0.25, -0.2) is 0 Å². The van der Waals surface area contributed by atoms with Crippen LogP contribution in [0.2, 0.25) is 0 Å². The predicted molar refractivity (Wildman–Crippen MR) is 44.7 cm³/mol. The van der Waals surface area contributed by atoms with Gasteiger partial charge in [0.2, 0.25) is 0 Å². The van der Waals surface area contributed by atoms with Crippen molar-refractivity contribution in [3.63, 3.8) is 0 Å². The molecule has 0 aromatic heterocycles. The Morgan fingerprint density at radius 3 is 2.40 bits per heavy atom. The molecule has 1 nitrogen and oxygen atoms in total. The lowest BCUT2D eigenvalue weighted by molar-refractivity contribution is 0.335. The van der Waals surface area contributed by atoms with Crippen LogP contribution in [0.25, 0.3) is 0 Å². The molecular weight excluding hydrogens is 124 g/mol. The van der Waals surface area contributed by atoms with Crippen molar-refractivity contribution >= 4 is 0 Å². The SMILES string of the molecule is C=C/C=C\C(=C/C=C)CO. The molecular formula is C9H12O. The van der Waals surface area contributed by atoms with Crippen molar-refractivity contribution in [2.75, 3.05) is 6.61 Å². The van der Waals surface area contributed by atoms with Gasteiger partial charge in [0.25, 0.3) is 0 Å². The van der Waals surface area contributed by atoms with Crippen LogP contribution < -0.4 is 0 Å². The van der Waals surface area contributed by atoms with E-state index in [0.717, 1.165) is 5.57 Å². The monoisotopic (exact) mass is 136 g/mol. The molecule has 10 heavy (non-hydrogen) atoms. The molecule has 0 spiro atoms. The third-order valence-corrected chi connectivity index (χ3v) is 0.961. The summed E-state index contributed by atoms with van der Waals surface area (Å²) in [5.74, 6) is 0. The Morgan fingerprint density at radius 2 is 2.00 bits per heavy atom. The van der Waals surface area contributed by atoms with E-state index in [2.05, 4.69) is 13.2 Å². The predicted octanol–water partition coefficient (Wildman–Crippen LogP) is 1.83. The van der Waals surface area contributed by atoms with Gasteiger partial charge in [-0.2, -0.15) is 0 Å². The lowest BCUT2D eigenvalue weighted by Gasteiger charge is -1.90. The minimum absolute atomic E-state index is 0.0381. The van der Waals surface area contributed by atoms with Gasteiger partial charge in [-0.3, -0.25) is 0 Å². The van der Waals surface area contributed by atoms with E-state index >= 15 is 0 Å². The molecule has 0 aromatic carbocycles. The third kappa shape index (κ3) is 3.87. The molecule has 0 unspecified atom stereocenters. The normalized spacial score (nSPS) is 11.9. The number of aliphatic hydroxyl groups excluding tert-OH is 1. The van der Waals surface area contributed by atoms with E-state index in [1.165, 1.54) is 0 Å². The molecule has 54 valence electrons. The van der Waals surface area contributed by atoms with Crippen molar-refractivity contribution in [3.05, 3.63) is 49.1 Å². The van der Waals surface area contributed by atoms with Crippen molar-refractivity contribution in [2.24, 2.45) is 0 Å². The van der Waals surface area contributed by atoms with Gasteiger partial charge in [-0.05, 0) is 5.57 Å². The van der Waals surface area contributed by atoms with Gasteiger partial charge in [0.05, 0.1) is 6.61 Å². The zero-order valence-corrected chi connectivity index (χ0v) is 5.96. The molecule has 0 rings (SSSR count). The Kier molecular flexibility index (Phi) is 5.39. The quantitative estimate of drug-likeness (QED) is 0.584. The van der Waals surface area contributed by atoms with Gasteiger partial charge in [0.15, 0.2) is 0 Å². The van der Waals surface area contributed by atoms with Crippen LogP contribution in [0.5, 0.6) is 0 Å². The molecule has 0 fully saturated rings. The summed E-state index contributed by atoms with van der Waals surface area (Å²) in [5.41, 5.74) is 0.829. The van der Waals surface area contributed by atoms with Gasteiger partial charge >= 0.3 is 0 Å². The number of hydrogen-bond acceptors (Lipinski definition) is 1. The second kappa shape index (κ2) is 6.05. The Morgan fingerprint density at radius 1 is 1.30 bits per heavy atom.